The fourth-order valence-corrected chi connectivity index (χ4v) is 4.03. The van der Waals surface area contributed by atoms with Crippen LogP contribution in [0.1, 0.15) is 10.5 Å². The third-order valence-electron chi connectivity index (χ3n) is 3.01. The molecule has 0 amide bonds. The number of sulfone groups is 1. The molecule has 0 fully saturated rings. The molecule has 118 valence electrons. The average Bonchev–Trinajstić information content (AvgIpc) is 2.79. The number of hydrogen-bond acceptors (Lipinski definition) is 5. The second kappa shape index (κ2) is 5.73. The third-order valence-corrected chi connectivity index (χ3v) is 5.08. The Morgan fingerprint density at radius 2 is 2.00 bits per heavy atom. The van der Waals surface area contributed by atoms with Gasteiger partial charge >= 0.3 is 5.97 Å². The number of benzene rings is 1. The molecular formula is C13H13FN2O4S2. The largest absolute Gasteiger partial charge is 0.476 e. The van der Waals surface area contributed by atoms with E-state index in [9.17, 15) is 17.6 Å². The van der Waals surface area contributed by atoms with Gasteiger partial charge in [0.1, 0.15) is 5.82 Å². The maximum Gasteiger partial charge on any atom is 0.356 e. The standard InChI is InChI=1S/C13H13FN2O4S2/c1-16-10(6-9(15-16)13(17)18)7-4-8(14)12(21-2)11(5-7)22(3,19)20/h4-6H,1-3H3,(H,17,18). The summed E-state index contributed by atoms with van der Waals surface area (Å²) in [4.78, 5) is 10.8. The smallest absolute Gasteiger partial charge is 0.356 e. The number of carboxylic acid groups (broad SMARTS) is 1. The summed E-state index contributed by atoms with van der Waals surface area (Å²) in [5.41, 5.74) is 0.361. The van der Waals surface area contributed by atoms with Crippen LogP contribution in [-0.4, -0.2) is 41.8 Å². The zero-order valence-corrected chi connectivity index (χ0v) is 13.6. The fraction of sp³-hybridized carbons (Fsp3) is 0.231. The summed E-state index contributed by atoms with van der Waals surface area (Å²) in [5.74, 6) is -1.89. The molecule has 6 nitrogen and oxygen atoms in total. The maximum atomic E-state index is 14.2. The molecule has 22 heavy (non-hydrogen) atoms. The van der Waals surface area contributed by atoms with Gasteiger partial charge in [0.25, 0.3) is 0 Å². The summed E-state index contributed by atoms with van der Waals surface area (Å²) in [7, 11) is -2.13. The zero-order chi connectivity index (χ0) is 16.7. The highest BCUT2D eigenvalue weighted by atomic mass is 32.2. The zero-order valence-electron chi connectivity index (χ0n) is 12.0. The predicted octanol–water partition coefficient (Wildman–Crippen LogP) is 2.05. The van der Waals surface area contributed by atoms with Crippen molar-refractivity contribution in [2.24, 2.45) is 7.05 Å². The van der Waals surface area contributed by atoms with Gasteiger partial charge in [0, 0.05) is 18.9 Å². The number of hydrogen-bond donors (Lipinski definition) is 1. The quantitative estimate of drug-likeness (QED) is 0.854. The van der Waals surface area contributed by atoms with Gasteiger partial charge in [0.05, 0.1) is 15.5 Å². The maximum absolute atomic E-state index is 14.2. The van der Waals surface area contributed by atoms with Crippen molar-refractivity contribution in [3.8, 4) is 11.3 Å². The Kier molecular flexibility index (Phi) is 4.30. The molecule has 0 aliphatic rings. The summed E-state index contributed by atoms with van der Waals surface area (Å²) in [6, 6.07) is 3.76. The Labute approximate surface area is 130 Å². The van der Waals surface area contributed by atoms with E-state index in [1.54, 1.807) is 6.26 Å². The van der Waals surface area contributed by atoms with E-state index in [4.69, 9.17) is 5.11 Å². The molecule has 0 bridgehead atoms. The lowest BCUT2D eigenvalue weighted by Crippen LogP contribution is -2.03. The van der Waals surface area contributed by atoms with Crippen LogP contribution in [0.2, 0.25) is 0 Å². The number of carbonyl (C=O) groups is 1. The van der Waals surface area contributed by atoms with Crippen LogP contribution in [0.25, 0.3) is 11.3 Å². The van der Waals surface area contributed by atoms with Crippen LogP contribution in [0.5, 0.6) is 0 Å². The van der Waals surface area contributed by atoms with Crippen LogP contribution in [0.3, 0.4) is 0 Å². The molecule has 1 aromatic heterocycles. The Balaban J connectivity index is 2.73. The first-order chi connectivity index (χ1) is 10.1. The van der Waals surface area contributed by atoms with Gasteiger partial charge in [-0.2, -0.15) is 5.10 Å². The predicted molar refractivity (Wildman–Crippen MR) is 80.5 cm³/mol. The molecule has 1 N–H and O–H groups in total. The van der Waals surface area contributed by atoms with E-state index in [1.807, 2.05) is 0 Å². The van der Waals surface area contributed by atoms with Crippen molar-refractivity contribution in [1.29, 1.82) is 0 Å². The average molecular weight is 344 g/mol. The van der Waals surface area contributed by atoms with Gasteiger partial charge in [-0.3, -0.25) is 4.68 Å². The van der Waals surface area contributed by atoms with Crippen LogP contribution in [0.4, 0.5) is 4.39 Å². The van der Waals surface area contributed by atoms with E-state index >= 15 is 0 Å². The molecule has 9 heteroatoms. The molecule has 0 spiro atoms. The van der Waals surface area contributed by atoms with Crippen molar-refractivity contribution in [2.75, 3.05) is 12.5 Å². The molecule has 2 rings (SSSR count). The van der Waals surface area contributed by atoms with Crippen molar-refractivity contribution < 1.29 is 22.7 Å². The van der Waals surface area contributed by atoms with E-state index in [-0.39, 0.29) is 21.0 Å². The fourth-order valence-electron chi connectivity index (χ4n) is 2.03. The molecule has 0 aliphatic carbocycles. The number of halogens is 1. The summed E-state index contributed by atoms with van der Waals surface area (Å²) in [5, 5.41) is 12.7. The first kappa shape index (κ1) is 16.5. The Hall–Kier alpha value is -1.87. The van der Waals surface area contributed by atoms with Gasteiger partial charge in [0.2, 0.25) is 0 Å². The van der Waals surface area contributed by atoms with E-state index in [0.29, 0.717) is 5.69 Å². The Morgan fingerprint density at radius 3 is 2.45 bits per heavy atom. The lowest BCUT2D eigenvalue weighted by Gasteiger charge is -2.10. The molecule has 0 aliphatic heterocycles. The van der Waals surface area contributed by atoms with Gasteiger partial charge < -0.3 is 5.11 Å². The van der Waals surface area contributed by atoms with E-state index < -0.39 is 21.6 Å². The molecule has 0 atom stereocenters. The lowest BCUT2D eigenvalue weighted by atomic mass is 10.1. The number of rotatable bonds is 4. The second-order valence-electron chi connectivity index (χ2n) is 4.61. The van der Waals surface area contributed by atoms with Gasteiger partial charge in [0.15, 0.2) is 15.5 Å². The minimum absolute atomic E-state index is 0.0341. The molecule has 0 saturated heterocycles. The van der Waals surface area contributed by atoms with Crippen LogP contribution in [0.15, 0.2) is 28.0 Å². The normalized spacial score (nSPS) is 11.6. The van der Waals surface area contributed by atoms with E-state index in [1.165, 1.54) is 29.9 Å². The topological polar surface area (TPSA) is 89.3 Å². The van der Waals surface area contributed by atoms with Gasteiger partial charge in [-0.15, -0.1) is 11.8 Å². The third kappa shape index (κ3) is 3.00. The highest BCUT2D eigenvalue weighted by Crippen LogP contribution is 2.33. The Morgan fingerprint density at radius 1 is 1.36 bits per heavy atom. The summed E-state index contributed by atoms with van der Waals surface area (Å²) < 4.78 is 39.2. The minimum Gasteiger partial charge on any atom is -0.476 e. The molecule has 0 unspecified atom stereocenters. The van der Waals surface area contributed by atoms with Gasteiger partial charge in [-0.1, -0.05) is 0 Å². The first-order valence-corrected chi connectivity index (χ1v) is 9.12. The molecule has 1 aromatic carbocycles. The van der Waals surface area contributed by atoms with Gasteiger partial charge in [-0.25, -0.2) is 17.6 Å². The molecule has 0 saturated carbocycles. The van der Waals surface area contributed by atoms with Crippen LogP contribution >= 0.6 is 11.8 Å². The summed E-state index contributed by atoms with van der Waals surface area (Å²) >= 11 is 0.996. The number of nitrogens with zero attached hydrogens (tertiary/aromatic N) is 2. The molecule has 1 heterocycles. The van der Waals surface area contributed by atoms with Crippen LogP contribution in [0, 0.1) is 5.82 Å². The molecule has 2 aromatic rings. The van der Waals surface area contributed by atoms with Gasteiger partial charge in [-0.05, 0) is 24.5 Å². The number of carboxylic acids is 1. The van der Waals surface area contributed by atoms with Crippen molar-refractivity contribution in [2.45, 2.75) is 9.79 Å². The molecule has 0 radical (unpaired) electrons. The highest BCUT2D eigenvalue weighted by molar-refractivity contribution is 7.99. The van der Waals surface area contributed by atoms with Crippen molar-refractivity contribution in [3.05, 3.63) is 29.7 Å². The number of aromatic carboxylic acids is 1. The Bertz CT molecular complexity index is 859. The second-order valence-corrected chi connectivity index (χ2v) is 7.41. The number of aryl methyl sites for hydroxylation is 1. The summed E-state index contributed by atoms with van der Waals surface area (Å²) in [6.45, 7) is 0. The SMILES string of the molecule is CSc1c(F)cc(-c2cc(C(=O)O)nn2C)cc1S(C)(=O)=O. The van der Waals surface area contributed by atoms with E-state index in [2.05, 4.69) is 5.10 Å². The highest BCUT2D eigenvalue weighted by Gasteiger charge is 2.21. The number of aromatic nitrogens is 2. The molecular weight excluding hydrogens is 331 g/mol. The van der Waals surface area contributed by atoms with Crippen molar-refractivity contribution in [1.82, 2.24) is 9.78 Å². The van der Waals surface area contributed by atoms with Crippen LogP contribution in [-0.2, 0) is 16.9 Å². The summed E-state index contributed by atoms with van der Waals surface area (Å²) in [6.07, 6.45) is 2.58. The monoisotopic (exact) mass is 344 g/mol. The first-order valence-electron chi connectivity index (χ1n) is 6.00. The number of thioether (sulfide) groups is 1. The van der Waals surface area contributed by atoms with Crippen molar-refractivity contribution in [3.63, 3.8) is 0 Å². The van der Waals surface area contributed by atoms with E-state index in [0.717, 1.165) is 18.0 Å². The van der Waals surface area contributed by atoms with Crippen LogP contribution < -0.4 is 0 Å². The minimum atomic E-state index is -3.63. The van der Waals surface area contributed by atoms with Crippen molar-refractivity contribution >= 4 is 27.6 Å². The lowest BCUT2D eigenvalue weighted by molar-refractivity contribution is 0.0689.